The van der Waals surface area contributed by atoms with Crippen molar-refractivity contribution in [2.24, 2.45) is 0 Å². The third-order valence-corrected chi connectivity index (χ3v) is 5.04. The van der Waals surface area contributed by atoms with Gasteiger partial charge in [-0.25, -0.2) is 4.79 Å². The number of hydrogen-bond donors (Lipinski definition) is 0. The molecule has 1 atom stereocenters. The Morgan fingerprint density at radius 1 is 0.969 bits per heavy atom. The van der Waals surface area contributed by atoms with Crippen LogP contribution in [0.1, 0.15) is 35.2 Å². The number of ether oxygens (including phenoxy) is 4. The highest BCUT2D eigenvalue weighted by atomic mass is 16.5. The van der Waals surface area contributed by atoms with Crippen LogP contribution in [0.15, 0.2) is 51.7 Å². The predicted molar refractivity (Wildman–Crippen MR) is 117 cm³/mol. The first-order valence-corrected chi connectivity index (χ1v) is 9.96. The average Bonchev–Trinajstić information content (AvgIpc) is 2.81. The van der Waals surface area contributed by atoms with Gasteiger partial charge in [-0.05, 0) is 48.9 Å². The van der Waals surface area contributed by atoms with E-state index in [1.165, 1.54) is 27.4 Å². The summed E-state index contributed by atoms with van der Waals surface area (Å²) in [5.74, 6) is -0.732. The highest BCUT2D eigenvalue weighted by Crippen LogP contribution is 2.38. The minimum atomic E-state index is -1.02. The van der Waals surface area contributed by atoms with Crippen molar-refractivity contribution in [1.29, 1.82) is 0 Å². The molecule has 3 rings (SSSR count). The van der Waals surface area contributed by atoms with Gasteiger partial charge in [-0.15, -0.1) is 0 Å². The third-order valence-electron chi connectivity index (χ3n) is 5.04. The Labute approximate surface area is 184 Å². The maximum Gasteiger partial charge on any atom is 0.336 e. The van der Waals surface area contributed by atoms with Gasteiger partial charge in [0.2, 0.25) is 5.75 Å². The van der Waals surface area contributed by atoms with Gasteiger partial charge in [0, 0.05) is 23.4 Å². The molecule has 0 N–H and O–H groups in total. The average molecular weight is 440 g/mol. The molecule has 0 saturated carbocycles. The number of ketones is 1. The molecular formula is C24H24O8. The quantitative estimate of drug-likeness (QED) is 0.282. The second kappa shape index (κ2) is 10.00. The Bertz CT molecular complexity index is 1180. The highest BCUT2D eigenvalue weighted by molar-refractivity contribution is 6.01. The monoisotopic (exact) mass is 440 g/mol. The molecule has 0 amide bonds. The van der Waals surface area contributed by atoms with Crippen molar-refractivity contribution < 1.29 is 33.0 Å². The molecule has 0 aliphatic rings. The van der Waals surface area contributed by atoms with Gasteiger partial charge in [0.15, 0.2) is 17.1 Å². The lowest BCUT2D eigenvalue weighted by molar-refractivity contribution is -0.144. The zero-order valence-electron chi connectivity index (χ0n) is 18.3. The molecule has 0 fully saturated rings. The summed E-state index contributed by atoms with van der Waals surface area (Å²) < 4.78 is 26.3. The van der Waals surface area contributed by atoms with E-state index in [0.29, 0.717) is 28.0 Å². The molecule has 1 aromatic heterocycles. The Kier molecular flexibility index (Phi) is 7.14. The second-order valence-electron chi connectivity index (χ2n) is 6.86. The molecule has 0 aliphatic carbocycles. The number of methoxy groups -OCH3 is 3. The van der Waals surface area contributed by atoms with Gasteiger partial charge in [0.1, 0.15) is 5.75 Å². The van der Waals surface area contributed by atoms with Crippen LogP contribution in [-0.4, -0.2) is 39.7 Å². The minimum absolute atomic E-state index is 0.126. The number of benzene rings is 2. The first-order valence-electron chi connectivity index (χ1n) is 9.96. The number of carbonyl (C=O) groups is 2. The van der Waals surface area contributed by atoms with Crippen LogP contribution in [0, 0.1) is 0 Å². The van der Waals surface area contributed by atoms with Gasteiger partial charge in [-0.3, -0.25) is 9.59 Å². The number of rotatable bonds is 9. The molecule has 0 radical (unpaired) electrons. The molecule has 0 bridgehead atoms. The zero-order chi connectivity index (χ0) is 23.3. The fraction of sp³-hybridized carbons (Fsp3) is 0.292. The van der Waals surface area contributed by atoms with Crippen molar-refractivity contribution in [1.82, 2.24) is 0 Å². The summed E-state index contributed by atoms with van der Waals surface area (Å²) in [5.41, 5.74) is 0.162. The molecule has 3 aromatic rings. The van der Waals surface area contributed by atoms with E-state index < -0.39 is 17.5 Å². The van der Waals surface area contributed by atoms with E-state index in [1.54, 1.807) is 43.3 Å². The normalized spacial score (nSPS) is 11.6. The zero-order valence-corrected chi connectivity index (χ0v) is 18.3. The molecule has 1 unspecified atom stereocenters. The standard InChI is InChI=1S/C24H24O8/c1-5-31-24(27)18(12-19(25)14-6-8-15(28-2)9-7-14)17-13-21(26)32-22-16(17)10-11-20(29-3)23(22)30-4/h6-11,13,18H,5,12H2,1-4H3. The summed E-state index contributed by atoms with van der Waals surface area (Å²) in [5, 5.41) is 0.447. The molecule has 2 aromatic carbocycles. The van der Waals surface area contributed by atoms with Crippen molar-refractivity contribution in [2.75, 3.05) is 27.9 Å². The van der Waals surface area contributed by atoms with E-state index in [0.717, 1.165) is 0 Å². The van der Waals surface area contributed by atoms with Gasteiger partial charge in [-0.1, -0.05) is 0 Å². The lowest BCUT2D eigenvalue weighted by atomic mass is 9.89. The predicted octanol–water partition coefficient (Wildman–Crippen LogP) is 3.74. The number of Topliss-reactive ketones (excluding diaryl/α,β-unsaturated/α-hetero) is 1. The molecule has 1 heterocycles. The Hall–Kier alpha value is -3.81. The number of esters is 1. The van der Waals surface area contributed by atoms with Gasteiger partial charge in [0.25, 0.3) is 0 Å². The molecule has 0 aliphatic heterocycles. The van der Waals surface area contributed by atoms with Gasteiger partial charge >= 0.3 is 11.6 Å². The van der Waals surface area contributed by atoms with Crippen molar-refractivity contribution in [2.45, 2.75) is 19.3 Å². The highest BCUT2D eigenvalue weighted by Gasteiger charge is 2.29. The first-order chi connectivity index (χ1) is 15.4. The van der Waals surface area contributed by atoms with Gasteiger partial charge < -0.3 is 23.4 Å². The van der Waals surface area contributed by atoms with Crippen molar-refractivity contribution in [3.8, 4) is 17.2 Å². The van der Waals surface area contributed by atoms with E-state index in [1.807, 2.05) is 0 Å². The largest absolute Gasteiger partial charge is 0.497 e. The van der Waals surface area contributed by atoms with Crippen molar-refractivity contribution in [3.63, 3.8) is 0 Å². The summed E-state index contributed by atoms with van der Waals surface area (Å²) >= 11 is 0. The molecule has 0 saturated heterocycles. The van der Waals surface area contributed by atoms with Gasteiger partial charge in [0.05, 0.1) is 33.9 Å². The fourth-order valence-corrected chi connectivity index (χ4v) is 3.49. The Morgan fingerprint density at radius 2 is 1.69 bits per heavy atom. The fourth-order valence-electron chi connectivity index (χ4n) is 3.49. The maximum atomic E-state index is 13.0. The lowest BCUT2D eigenvalue weighted by Gasteiger charge is -2.18. The van der Waals surface area contributed by atoms with E-state index in [4.69, 9.17) is 23.4 Å². The summed E-state index contributed by atoms with van der Waals surface area (Å²) in [7, 11) is 4.41. The number of hydrogen-bond acceptors (Lipinski definition) is 8. The number of fused-ring (bicyclic) bond motifs is 1. The Morgan fingerprint density at radius 3 is 2.28 bits per heavy atom. The van der Waals surface area contributed by atoms with Crippen LogP contribution in [0.2, 0.25) is 0 Å². The lowest BCUT2D eigenvalue weighted by Crippen LogP contribution is -2.21. The summed E-state index contributed by atoms with van der Waals surface area (Å²) in [4.78, 5) is 38.2. The van der Waals surface area contributed by atoms with Gasteiger partial charge in [-0.2, -0.15) is 0 Å². The second-order valence-corrected chi connectivity index (χ2v) is 6.86. The molecule has 168 valence electrons. The first kappa shape index (κ1) is 22.9. The summed E-state index contributed by atoms with van der Waals surface area (Å²) in [6.07, 6.45) is -0.196. The van der Waals surface area contributed by atoms with E-state index in [2.05, 4.69) is 0 Å². The molecule has 8 nitrogen and oxygen atoms in total. The molecule has 8 heteroatoms. The summed E-state index contributed by atoms with van der Waals surface area (Å²) in [6, 6.07) is 11.1. The third kappa shape index (κ3) is 4.59. The SMILES string of the molecule is CCOC(=O)C(CC(=O)c1ccc(OC)cc1)c1cc(=O)oc2c(OC)c(OC)ccc12. The van der Waals surface area contributed by atoms with Crippen LogP contribution in [-0.2, 0) is 9.53 Å². The van der Waals surface area contributed by atoms with Crippen LogP contribution in [0.25, 0.3) is 11.0 Å². The molecule has 32 heavy (non-hydrogen) atoms. The minimum Gasteiger partial charge on any atom is -0.497 e. The van der Waals surface area contributed by atoms with Crippen LogP contribution < -0.4 is 19.8 Å². The van der Waals surface area contributed by atoms with E-state index in [9.17, 15) is 14.4 Å². The molecular weight excluding hydrogens is 416 g/mol. The van der Waals surface area contributed by atoms with Crippen LogP contribution in [0.3, 0.4) is 0 Å². The van der Waals surface area contributed by atoms with Crippen LogP contribution in [0.5, 0.6) is 17.2 Å². The van der Waals surface area contributed by atoms with Crippen LogP contribution >= 0.6 is 0 Å². The van der Waals surface area contributed by atoms with Crippen molar-refractivity contribution in [3.05, 3.63) is 64.0 Å². The smallest absolute Gasteiger partial charge is 0.336 e. The molecule has 0 spiro atoms. The maximum absolute atomic E-state index is 13.0. The van der Waals surface area contributed by atoms with E-state index in [-0.39, 0.29) is 30.1 Å². The van der Waals surface area contributed by atoms with E-state index >= 15 is 0 Å². The number of carbonyl (C=O) groups excluding carboxylic acids is 2. The van der Waals surface area contributed by atoms with Crippen LogP contribution in [0.4, 0.5) is 0 Å². The Balaban J connectivity index is 2.12. The van der Waals surface area contributed by atoms with Crippen molar-refractivity contribution >= 4 is 22.7 Å². The topological polar surface area (TPSA) is 101 Å². The summed E-state index contributed by atoms with van der Waals surface area (Å²) in [6.45, 7) is 1.80.